The van der Waals surface area contributed by atoms with Crippen molar-refractivity contribution in [2.75, 3.05) is 0 Å². The number of nitrogens with zero attached hydrogens (tertiary/aromatic N) is 1. The summed E-state index contributed by atoms with van der Waals surface area (Å²) in [5.41, 5.74) is -1.18. The van der Waals surface area contributed by atoms with Crippen LogP contribution in [0.4, 0.5) is 0 Å². The molecule has 1 spiro atoms. The Bertz CT molecular complexity index is 384. The molecule has 74 valence electrons. The van der Waals surface area contributed by atoms with Crippen LogP contribution < -0.4 is 0 Å². The lowest BCUT2D eigenvalue weighted by molar-refractivity contribution is -0.125. The molecule has 3 atom stereocenters. The molecule has 0 aromatic rings. The minimum atomic E-state index is -0.998. The normalized spacial score (nSPS) is 52.4. The van der Waals surface area contributed by atoms with Gasteiger partial charge in [0, 0.05) is 6.42 Å². The molecule has 0 amide bonds. The Morgan fingerprint density at radius 3 is 2.71 bits per heavy atom. The molecular formula is C10H10ClNO2. The molecular weight excluding hydrogens is 202 g/mol. The highest BCUT2D eigenvalue weighted by Gasteiger charge is 2.80. The number of carbonyl (C=O) groups excluding carboxylic acids is 1. The lowest BCUT2D eigenvalue weighted by Gasteiger charge is -2.37. The molecule has 0 radical (unpaired) electrons. The minimum absolute atomic E-state index is 0.173. The highest BCUT2D eigenvalue weighted by atomic mass is 35.5. The summed E-state index contributed by atoms with van der Waals surface area (Å²) >= 11 is 6.24. The largest absolute Gasteiger partial charge is 0.360 e. The van der Waals surface area contributed by atoms with Gasteiger partial charge in [0.25, 0.3) is 0 Å². The lowest BCUT2D eigenvalue weighted by atomic mass is 9.69. The van der Waals surface area contributed by atoms with Crippen molar-refractivity contribution in [3.05, 3.63) is 0 Å². The number of halogens is 1. The zero-order valence-corrected chi connectivity index (χ0v) is 8.60. The van der Waals surface area contributed by atoms with Crippen molar-refractivity contribution in [2.45, 2.75) is 42.8 Å². The molecule has 3 nitrogen and oxygen atoms in total. The van der Waals surface area contributed by atoms with Crippen LogP contribution in [-0.4, -0.2) is 22.4 Å². The molecule has 3 rings (SSSR count). The quantitative estimate of drug-likeness (QED) is 0.569. The van der Waals surface area contributed by atoms with Gasteiger partial charge in [-0.15, -0.1) is 0 Å². The number of Topliss-reactive ketones (excluding diaryl/α,β-unsaturated/α-hetero) is 1. The van der Waals surface area contributed by atoms with Crippen LogP contribution in [0.2, 0.25) is 0 Å². The second-order valence-corrected chi connectivity index (χ2v) is 5.35. The van der Waals surface area contributed by atoms with E-state index in [-0.39, 0.29) is 5.78 Å². The second kappa shape index (κ2) is 2.00. The number of hydrogen-bond acceptors (Lipinski definition) is 3. The molecule has 2 saturated heterocycles. The van der Waals surface area contributed by atoms with E-state index in [2.05, 4.69) is 6.07 Å². The van der Waals surface area contributed by atoms with E-state index in [1.165, 1.54) is 0 Å². The number of fused-ring (bicyclic) bond motifs is 3. The Morgan fingerprint density at radius 2 is 2.29 bits per heavy atom. The first-order valence-corrected chi connectivity index (χ1v) is 5.19. The van der Waals surface area contributed by atoms with Crippen molar-refractivity contribution in [1.29, 1.82) is 5.26 Å². The number of alkyl halides is 1. The first-order valence-electron chi connectivity index (χ1n) is 4.81. The highest BCUT2D eigenvalue weighted by molar-refractivity contribution is 6.28. The fraction of sp³-hybridized carbons (Fsp3) is 0.800. The molecule has 2 bridgehead atoms. The summed E-state index contributed by atoms with van der Waals surface area (Å²) in [6.45, 7) is 1.82. The van der Waals surface area contributed by atoms with Gasteiger partial charge in [0.15, 0.2) is 10.7 Å². The van der Waals surface area contributed by atoms with Crippen molar-refractivity contribution in [1.82, 2.24) is 0 Å². The van der Waals surface area contributed by atoms with Crippen molar-refractivity contribution in [3.8, 4) is 6.07 Å². The molecule has 3 fully saturated rings. The maximum absolute atomic E-state index is 11.9. The molecule has 3 aliphatic rings. The summed E-state index contributed by atoms with van der Waals surface area (Å²) in [4.78, 5) is 10.9. The van der Waals surface area contributed by atoms with Gasteiger partial charge in [-0.25, -0.2) is 0 Å². The number of carbonyl (C=O) groups is 1. The predicted molar refractivity (Wildman–Crippen MR) is 48.8 cm³/mol. The van der Waals surface area contributed by atoms with E-state index in [4.69, 9.17) is 21.6 Å². The van der Waals surface area contributed by atoms with E-state index in [1.807, 2.05) is 6.92 Å². The van der Waals surface area contributed by atoms with Crippen molar-refractivity contribution >= 4 is 17.4 Å². The van der Waals surface area contributed by atoms with E-state index in [9.17, 15) is 4.79 Å². The van der Waals surface area contributed by atoms with Gasteiger partial charge in [-0.05, 0) is 19.8 Å². The molecule has 1 aliphatic carbocycles. The van der Waals surface area contributed by atoms with Crippen LogP contribution in [0.5, 0.6) is 0 Å². The van der Waals surface area contributed by atoms with Crippen LogP contribution >= 0.6 is 11.6 Å². The molecule has 2 heterocycles. The maximum atomic E-state index is 11.9. The first kappa shape index (κ1) is 8.70. The fourth-order valence-electron chi connectivity index (χ4n) is 3.05. The Kier molecular flexibility index (Phi) is 1.24. The van der Waals surface area contributed by atoms with Gasteiger partial charge in [0.2, 0.25) is 0 Å². The van der Waals surface area contributed by atoms with E-state index in [1.54, 1.807) is 0 Å². The topological polar surface area (TPSA) is 50.1 Å². The van der Waals surface area contributed by atoms with Crippen LogP contribution in [0, 0.1) is 16.7 Å². The molecule has 1 unspecified atom stereocenters. The zero-order chi connectivity index (χ0) is 10.2. The monoisotopic (exact) mass is 211 g/mol. The summed E-state index contributed by atoms with van der Waals surface area (Å²) in [5, 5.41) is 9.09. The molecule has 2 aliphatic heterocycles. The number of ether oxygens (including phenoxy) is 1. The van der Waals surface area contributed by atoms with Crippen LogP contribution in [0.25, 0.3) is 0 Å². The standard InChI is InChI=1S/C10H10ClNO2/c1-8-9(2-3-9)7(13)6(14-8)4-10(8,11)5-12/h6H,2-4H2,1H3/t6-,8-,10?/m1/s1. The third-order valence-corrected chi connectivity index (χ3v) is 4.80. The smallest absolute Gasteiger partial charge is 0.170 e. The molecule has 1 saturated carbocycles. The Morgan fingerprint density at radius 1 is 1.64 bits per heavy atom. The lowest BCUT2D eigenvalue weighted by Crippen LogP contribution is -2.53. The predicted octanol–water partition coefficient (Wildman–Crippen LogP) is 1.40. The zero-order valence-electron chi connectivity index (χ0n) is 7.84. The van der Waals surface area contributed by atoms with Gasteiger partial charge < -0.3 is 4.74 Å². The average molecular weight is 212 g/mol. The third kappa shape index (κ3) is 0.600. The summed E-state index contributed by atoms with van der Waals surface area (Å²) < 4.78 is 5.65. The van der Waals surface area contributed by atoms with Crippen molar-refractivity contribution in [2.24, 2.45) is 5.41 Å². The number of rotatable bonds is 0. The van der Waals surface area contributed by atoms with E-state index in [0.717, 1.165) is 12.8 Å². The van der Waals surface area contributed by atoms with Gasteiger partial charge in [-0.2, -0.15) is 5.26 Å². The van der Waals surface area contributed by atoms with Crippen LogP contribution in [0.15, 0.2) is 0 Å². The molecule has 4 heteroatoms. The fourth-order valence-corrected chi connectivity index (χ4v) is 3.42. The number of ketones is 1. The van der Waals surface area contributed by atoms with Crippen molar-refractivity contribution < 1.29 is 9.53 Å². The molecule has 14 heavy (non-hydrogen) atoms. The summed E-state index contributed by atoms with van der Waals surface area (Å²) in [6, 6.07) is 2.12. The second-order valence-electron chi connectivity index (χ2n) is 4.70. The third-order valence-electron chi connectivity index (χ3n) is 4.21. The van der Waals surface area contributed by atoms with Gasteiger partial charge in [0.1, 0.15) is 11.7 Å². The summed E-state index contributed by atoms with van der Waals surface area (Å²) in [7, 11) is 0. The first-order chi connectivity index (χ1) is 6.49. The number of hydrogen-bond donors (Lipinski definition) is 0. The Balaban J connectivity index is 2.16. The maximum Gasteiger partial charge on any atom is 0.170 e. The number of nitriles is 1. The molecule has 0 N–H and O–H groups in total. The SMILES string of the molecule is C[C@]12O[C@H](CC1(Cl)C#N)C(=O)C21CC1. The van der Waals surface area contributed by atoms with Gasteiger partial charge in [-0.1, -0.05) is 11.6 Å². The minimum Gasteiger partial charge on any atom is -0.360 e. The highest BCUT2D eigenvalue weighted by Crippen LogP contribution is 2.70. The van der Waals surface area contributed by atoms with Gasteiger partial charge in [0.05, 0.1) is 11.5 Å². The Hall–Kier alpha value is -0.590. The van der Waals surface area contributed by atoms with Crippen LogP contribution in [0.1, 0.15) is 26.2 Å². The van der Waals surface area contributed by atoms with Gasteiger partial charge in [-0.3, -0.25) is 4.79 Å². The van der Waals surface area contributed by atoms with Gasteiger partial charge >= 0.3 is 0 Å². The Labute approximate surface area is 87.0 Å². The summed E-state index contributed by atoms with van der Waals surface area (Å²) in [6.07, 6.45) is 1.58. The average Bonchev–Trinajstić information content (AvgIpc) is 2.86. The van der Waals surface area contributed by atoms with E-state index >= 15 is 0 Å². The summed E-state index contributed by atoms with van der Waals surface area (Å²) in [5.74, 6) is 0.173. The molecule has 0 aromatic carbocycles. The molecule has 0 aromatic heterocycles. The van der Waals surface area contributed by atoms with Crippen molar-refractivity contribution in [3.63, 3.8) is 0 Å². The van der Waals surface area contributed by atoms with Crippen LogP contribution in [-0.2, 0) is 9.53 Å². The van der Waals surface area contributed by atoms with Crippen LogP contribution in [0.3, 0.4) is 0 Å². The van der Waals surface area contributed by atoms with E-state index < -0.39 is 22.0 Å². The van der Waals surface area contributed by atoms with E-state index in [0.29, 0.717) is 6.42 Å².